The van der Waals surface area contributed by atoms with Crippen LogP contribution in [0.3, 0.4) is 0 Å². The average molecular weight is 572 g/mol. The van der Waals surface area contributed by atoms with E-state index in [4.69, 9.17) is 6.57 Å². The van der Waals surface area contributed by atoms with Gasteiger partial charge in [-0.2, -0.15) is 0 Å². The molecular weight excluding hydrogens is 543 g/mol. The second-order valence-electron chi connectivity index (χ2n) is 9.92. The van der Waals surface area contributed by atoms with E-state index in [2.05, 4.69) is 35.9 Å². The molecule has 2 unspecified atom stereocenters. The maximum Gasteiger partial charge on any atom is 0.230 e. The van der Waals surface area contributed by atoms with Crippen molar-refractivity contribution in [2.75, 3.05) is 10.6 Å². The molecule has 11 heteroatoms. The summed E-state index contributed by atoms with van der Waals surface area (Å²) >= 11 is 2.85. The van der Waals surface area contributed by atoms with Crippen molar-refractivity contribution in [2.24, 2.45) is 0 Å². The quantitative estimate of drug-likeness (QED) is 0.186. The molecule has 2 N–H and O–H groups in total. The number of anilines is 2. The van der Waals surface area contributed by atoms with Crippen molar-refractivity contribution in [3.05, 3.63) is 86.7 Å². The standard InChI is InChI=1S/C29H29N7O2S2/c1-18-9-3-4-10-19(18)16-24(37)31-28-35-33-26(39-28)21-12-5-6-13-22(15-21)27-34-36-29(40-27)32-25(38)17-20-11-7-8-14-23(20)30-2/h3-4,7-11,14,21-22H,5-6,12-13,15-17H2,1H3,(H,31,35,37)(H,32,36,38). The number of nitrogens with one attached hydrogen (secondary N) is 2. The molecule has 2 heterocycles. The van der Waals surface area contributed by atoms with Crippen LogP contribution in [-0.2, 0) is 22.4 Å². The number of nitrogens with zero attached hydrogens (tertiary/aromatic N) is 5. The highest BCUT2D eigenvalue weighted by Crippen LogP contribution is 2.42. The van der Waals surface area contributed by atoms with Gasteiger partial charge in [0.2, 0.25) is 22.1 Å². The highest BCUT2D eigenvalue weighted by molar-refractivity contribution is 7.15. The lowest BCUT2D eigenvalue weighted by atomic mass is 9.94. The van der Waals surface area contributed by atoms with Crippen molar-refractivity contribution < 1.29 is 9.59 Å². The number of aryl methyl sites for hydroxylation is 1. The number of para-hydroxylation sites is 1. The summed E-state index contributed by atoms with van der Waals surface area (Å²) in [5, 5.41) is 25.9. The zero-order valence-electron chi connectivity index (χ0n) is 22.1. The number of hydrogen-bond donors (Lipinski definition) is 2. The van der Waals surface area contributed by atoms with Crippen molar-refractivity contribution in [1.29, 1.82) is 0 Å². The molecule has 1 aliphatic carbocycles. The van der Waals surface area contributed by atoms with Gasteiger partial charge < -0.3 is 10.6 Å². The van der Waals surface area contributed by atoms with Crippen LogP contribution in [0.5, 0.6) is 0 Å². The van der Waals surface area contributed by atoms with Gasteiger partial charge in [0.15, 0.2) is 5.69 Å². The summed E-state index contributed by atoms with van der Waals surface area (Å²) in [6.07, 6.45) is 5.44. The Kier molecular flexibility index (Phi) is 8.88. The van der Waals surface area contributed by atoms with E-state index in [-0.39, 0.29) is 30.1 Å². The smallest absolute Gasteiger partial charge is 0.230 e. The number of hydrogen-bond acceptors (Lipinski definition) is 8. The van der Waals surface area contributed by atoms with E-state index in [0.717, 1.165) is 53.2 Å². The molecule has 1 aliphatic rings. The van der Waals surface area contributed by atoms with Gasteiger partial charge in [-0.3, -0.25) is 9.59 Å². The normalized spacial score (nSPS) is 17.0. The first kappa shape index (κ1) is 27.6. The average Bonchev–Trinajstić information content (AvgIpc) is 3.53. The zero-order chi connectivity index (χ0) is 27.9. The molecule has 0 aliphatic heterocycles. The fourth-order valence-electron chi connectivity index (χ4n) is 4.96. The lowest BCUT2D eigenvalue weighted by Gasteiger charge is -2.15. The summed E-state index contributed by atoms with van der Waals surface area (Å²) in [5.74, 6) is 0.112. The van der Waals surface area contributed by atoms with Gasteiger partial charge in [0.1, 0.15) is 10.0 Å². The lowest BCUT2D eigenvalue weighted by molar-refractivity contribution is -0.116. The predicted molar refractivity (Wildman–Crippen MR) is 157 cm³/mol. The van der Waals surface area contributed by atoms with Gasteiger partial charge >= 0.3 is 0 Å². The number of carbonyl (C=O) groups is 2. The van der Waals surface area contributed by atoms with Gasteiger partial charge in [0.05, 0.1) is 13.0 Å². The molecule has 4 aromatic rings. The Bertz CT molecular complexity index is 1540. The van der Waals surface area contributed by atoms with Crippen molar-refractivity contribution in [2.45, 2.75) is 63.7 Å². The Balaban J connectivity index is 1.19. The van der Waals surface area contributed by atoms with Crippen LogP contribution in [0.2, 0.25) is 0 Å². The fraction of sp³-hybridized carbons (Fsp3) is 0.345. The number of rotatable bonds is 8. The largest absolute Gasteiger partial charge is 0.300 e. The maximum absolute atomic E-state index is 12.6. The van der Waals surface area contributed by atoms with E-state index in [1.54, 1.807) is 18.2 Å². The minimum atomic E-state index is -0.219. The summed E-state index contributed by atoms with van der Waals surface area (Å²) in [5.41, 5.74) is 3.25. The summed E-state index contributed by atoms with van der Waals surface area (Å²) in [6.45, 7) is 9.29. The molecule has 40 heavy (non-hydrogen) atoms. The van der Waals surface area contributed by atoms with Crippen molar-refractivity contribution in [3.63, 3.8) is 0 Å². The van der Waals surface area contributed by atoms with Gasteiger partial charge in [-0.25, -0.2) is 4.85 Å². The van der Waals surface area contributed by atoms with Gasteiger partial charge in [0.25, 0.3) is 0 Å². The first-order valence-electron chi connectivity index (χ1n) is 13.2. The molecule has 0 saturated heterocycles. The van der Waals surface area contributed by atoms with Crippen LogP contribution in [0.15, 0.2) is 48.5 Å². The number of aromatic nitrogens is 4. The SMILES string of the molecule is [C-]#[N+]c1ccccc1CC(=O)Nc1nnc(C2CCCCC(c3nnc(NC(=O)Cc4ccccc4C)s3)C2)s1. The van der Waals surface area contributed by atoms with Crippen LogP contribution in [-0.4, -0.2) is 32.2 Å². The predicted octanol–water partition coefficient (Wildman–Crippen LogP) is 6.44. The molecule has 0 spiro atoms. The monoisotopic (exact) mass is 571 g/mol. The highest BCUT2D eigenvalue weighted by atomic mass is 32.1. The van der Waals surface area contributed by atoms with Crippen LogP contribution in [0.25, 0.3) is 4.85 Å². The van der Waals surface area contributed by atoms with E-state index in [1.165, 1.54) is 22.7 Å². The van der Waals surface area contributed by atoms with Gasteiger partial charge in [-0.05, 0) is 42.9 Å². The molecule has 2 amide bonds. The first-order valence-corrected chi connectivity index (χ1v) is 14.9. The third-order valence-electron chi connectivity index (χ3n) is 7.07. The van der Waals surface area contributed by atoms with Crippen molar-refractivity contribution in [3.8, 4) is 0 Å². The van der Waals surface area contributed by atoms with Crippen LogP contribution in [0.1, 0.15) is 70.6 Å². The molecular formula is C29H29N7O2S2. The zero-order valence-corrected chi connectivity index (χ0v) is 23.7. The third kappa shape index (κ3) is 6.94. The molecule has 1 fully saturated rings. The fourth-order valence-corrected chi connectivity index (χ4v) is 6.77. The highest BCUT2D eigenvalue weighted by Gasteiger charge is 2.28. The Hall–Kier alpha value is -4.01. The second-order valence-corrected chi connectivity index (χ2v) is 11.9. The first-order chi connectivity index (χ1) is 19.5. The summed E-state index contributed by atoms with van der Waals surface area (Å²) in [4.78, 5) is 28.7. The third-order valence-corrected chi connectivity index (χ3v) is 9.07. The van der Waals surface area contributed by atoms with E-state index in [1.807, 2.05) is 37.3 Å². The van der Waals surface area contributed by atoms with Crippen LogP contribution in [0, 0.1) is 13.5 Å². The molecule has 2 aromatic carbocycles. The second kappa shape index (κ2) is 12.9. The maximum atomic E-state index is 12.6. The number of benzene rings is 2. The van der Waals surface area contributed by atoms with Crippen LogP contribution < -0.4 is 10.6 Å². The Morgan fingerprint density at radius 3 is 1.93 bits per heavy atom. The Morgan fingerprint density at radius 1 is 0.825 bits per heavy atom. The summed E-state index contributed by atoms with van der Waals surface area (Å²) in [7, 11) is 0. The minimum absolute atomic E-state index is 0.100. The molecule has 0 bridgehead atoms. The van der Waals surface area contributed by atoms with E-state index < -0.39 is 0 Å². The molecule has 5 rings (SSSR count). The van der Waals surface area contributed by atoms with Gasteiger partial charge in [-0.15, -0.1) is 20.4 Å². The summed E-state index contributed by atoms with van der Waals surface area (Å²) < 4.78 is 0. The molecule has 2 atom stereocenters. The van der Waals surface area contributed by atoms with E-state index >= 15 is 0 Å². The molecule has 0 radical (unpaired) electrons. The van der Waals surface area contributed by atoms with E-state index in [0.29, 0.717) is 27.9 Å². The topological polar surface area (TPSA) is 114 Å². The number of amides is 2. The minimum Gasteiger partial charge on any atom is -0.300 e. The van der Waals surface area contributed by atoms with E-state index in [9.17, 15) is 9.59 Å². The molecule has 9 nitrogen and oxygen atoms in total. The number of carbonyl (C=O) groups excluding carboxylic acids is 2. The van der Waals surface area contributed by atoms with Crippen molar-refractivity contribution >= 4 is 50.4 Å². The van der Waals surface area contributed by atoms with Crippen LogP contribution in [0.4, 0.5) is 16.0 Å². The molecule has 204 valence electrons. The Labute approximate surface area is 240 Å². The lowest BCUT2D eigenvalue weighted by Crippen LogP contribution is -2.14. The Morgan fingerprint density at radius 2 is 1.35 bits per heavy atom. The summed E-state index contributed by atoms with van der Waals surface area (Å²) in [6, 6.07) is 15.0. The molecule has 2 aromatic heterocycles. The van der Waals surface area contributed by atoms with Gasteiger partial charge in [0, 0.05) is 18.3 Å². The molecule has 1 saturated carbocycles. The van der Waals surface area contributed by atoms with Gasteiger partial charge in [-0.1, -0.05) is 84.0 Å². The van der Waals surface area contributed by atoms with Crippen molar-refractivity contribution in [1.82, 2.24) is 20.4 Å². The van der Waals surface area contributed by atoms with Crippen LogP contribution >= 0.6 is 22.7 Å².